The van der Waals surface area contributed by atoms with E-state index in [1.807, 2.05) is 0 Å². The molecule has 26 heavy (non-hydrogen) atoms. The van der Waals surface area contributed by atoms with Gasteiger partial charge in [0.25, 0.3) is 5.91 Å². The first-order valence-electron chi connectivity index (χ1n) is 8.12. The Hall–Kier alpha value is -1.96. The SMILES string of the molecule is CCN(CC)S(=O)(=O)c1ccc(Cl)c(C(=O)NCc2ccccc2F)c1. The molecule has 0 saturated carbocycles. The number of amides is 1. The van der Waals surface area contributed by atoms with Crippen LogP contribution in [0.15, 0.2) is 47.4 Å². The summed E-state index contributed by atoms with van der Waals surface area (Å²) in [6.45, 7) is 4.07. The van der Waals surface area contributed by atoms with Crippen LogP contribution in [0.5, 0.6) is 0 Å². The minimum absolute atomic E-state index is 0.0124. The second-order valence-corrected chi connectivity index (χ2v) is 7.85. The molecule has 0 bridgehead atoms. The Morgan fingerprint density at radius 1 is 1.15 bits per heavy atom. The molecule has 2 rings (SSSR count). The molecule has 0 saturated heterocycles. The Bertz CT molecular complexity index is 899. The average Bonchev–Trinajstić information content (AvgIpc) is 2.61. The Kier molecular flexibility index (Phi) is 6.75. The number of carbonyl (C=O) groups excluding carboxylic acids is 1. The third-order valence-electron chi connectivity index (χ3n) is 3.92. The van der Waals surface area contributed by atoms with Gasteiger partial charge in [0.2, 0.25) is 10.0 Å². The van der Waals surface area contributed by atoms with Gasteiger partial charge in [0.15, 0.2) is 0 Å². The summed E-state index contributed by atoms with van der Waals surface area (Å²) in [6, 6.07) is 10.0. The standard InChI is InChI=1S/C18H20ClFN2O3S/c1-3-22(4-2)26(24,25)14-9-10-16(19)15(11-14)18(23)21-12-13-7-5-6-8-17(13)20/h5-11H,3-4,12H2,1-2H3,(H,21,23). The van der Waals surface area contributed by atoms with Crippen LogP contribution in [0.25, 0.3) is 0 Å². The summed E-state index contributed by atoms with van der Waals surface area (Å²) < 4.78 is 40.1. The molecule has 5 nitrogen and oxygen atoms in total. The van der Waals surface area contributed by atoms with Crippen molar-refractivity contribution in [1.29, 1.82) is 0 Å². The first kappa shape index (κ1) is 20.4. The van der Waals surface area contributed by atoms with Crippen molar-refractivity contribution in [1.82, 2.24) is 9.62 Å². The first-order chi connectivity index (χ1) is 12.3. The Morgan fingerprint density at radius 3 is 2.42 bits per heavy atom. The van der Waals surface area contributed by atoms with Gasteiger partial charge in [-0.3, -0.25) is 4.79 Å². The summed E-state index contributed by atoms with van der Waals surface area (Å²) >= 11 is 6.06. The van der Waals surface area contributed by atoms with Crippen LogP contribution < -0.4 is 5.32 Å². The highest BCUT2D eigenvalue weighted by atomic mass is 35.5. The molecule has 1 amide bonds. The van der Waals surface area contributed by atoms with Crippen molar-refractivity contribution in [3.8, 4) is 0 Å². The van der Waals surface area contributed by atoms with Gasteiger partial charge in [-0.15, -0.1) is 0 Å². The maximum atomic E-state index is 13.6. The number of sulfonamides is 1. The summed E-state index contributed by atoms with van der Waals surface area (Å²) in [5.74, 6) is -1.01. The molecule has 0 aliphatic carbocycles. The summed E-state index contributed by atoms with van der Waals surface area (Å²) in [5, 5.41) is 2.68. The van der Waals surface area contributed by atoms with Gasteiger partial charge in [0, 0.05) is 25.2 Å². The molecule has 0 heterocycles. The Labute approximate surface area is 157 Å². The van der Waals surface area contributed by atoms with Gasteiger partial charge < -0.3 is 5.32 Å². The summed E-state index contributed by atoms with van der Waals surface area (Å²) in [7, 11) is -3.71. The topological polar surface area (TPSA) is 66.5 Å². The third kappa shape index (κ3) is 4.41. The van der Waals surface area contributed by atoms with Gasteiger partial charge in [-0.2, -0.15) is 4.31 Å². The van der Waals surface area contributed by atoms with Crippen molar-refractivity contribution < 1.29 is 17.6 Å². The number of nitrogens with zero attached hydrogens (tertiary/aromatic N) is 1. The lowest BCUT2D eigenvalue weighted by Gasteiger charge is -2.19. The van der Waals surface area contributed by atoms with Gasteiger partial charge >= 0.3 is 0 Å². The van der Waals surface area contributed by atoms with Crippen LogP contribution in [0.4, 0.5) is 4.39 Å². The largest absolute Gasteiger partial charge is 0.348 e. The molecule has 2 aromatic rings. The maximum absolute atomic E-state index is 13.6. The van der Waals surface area contributed by atoms with E-state index in [0.29, 0.717) is 18.7 Å². The van der Waals surface area contributed by atoms with E-state index < -0.39 is 21.7 Å². The van der Waals surface area contributed by atoms with Crippen molar-refractivity contribution >= 4 is 27.5 Å². The highest BCUT2D eigenvalue weighted by molar-refractivity contribution is 7.89. The van der Waals surface area contributed by atoms with Crippen LogP contribution >= 0.6 is 11.6 Å². The van der Waals surface area contributed by atoms with Gasteiger partial charge in [-0.05, 0) is 24.3 Å². The smallest absolute Gasteiger partial charge is 0.253 e. The molecule has 0 aliphatic rings. The van der Waals surface area contributed by atoms with Crippen LogP contribution in [0.2, 0.25) is 5.02 Å². The number of halogens is 2. The Balaban J connectivity index is 2.26. The van der Waals surface area contributed by atoms with Gasteiger partial charge in [-0.25, -0.2) is 12.8 Å². The zero-order chi connectivity index (χ0) is 19.3. The lowest BCUT2D eigenvalue weighted by molar-refractivity contribution is 0.0950. The normalized spacial score (nSPS) is 11.6. The molecule has 0 spiro atoms. The fraction of sp³-hybridized carbons (Fsp3) is 0.278. The van der Waals surface area contributed by atoms with Crippen molar-refractivity contribution in [3.05, 3.63) is 64.4 Å². The molecule has 0 radical (unpaired) electrons. The molecular weight excluding hydrogens is 379 g/mol. The molecule has 0 fully saturated rings. The molecule has 1 N–H and O–H groups in total. The van der Waals surface area contributed by atoms with E-state index in [2.05, 4.69) is 5.32 Å². The monoisotopic (exact) mass is 398 g/mol. The van der Waals surface area contributed by atoms with Crippen LogP contribution in [-0.2, 0) is 16.6 Å². The highest BCUT2D eigenvalue weighted by Crippen LogP contribution is 2.23. The quantitative estimate of drug-likeness (QED) is 0.776. The van der Waals surface area contributed by atoms with Crippen LogP contribution in [0.1, 0.15) is 29.8 Å². The molecular formula is C18H20ClFN2O3S. The maximum Gasteiger partial charge on any atom is 0.253 e. The number of hydrogen-bond donors (Lipinski definition) is 1. The lowest BCUT2D eigenvalue weighted by atomic mass is 10.2. The average molecular weight is 399 g/mol. The fourth-order valence-corrected chi connectivity index (χ4v) is 4.15. The van der Waals surface area contributed by atoms with Crippen molar-refractivity contribution in [2.24, 2.45) is 0 Å². The number of benzene rings is 2. The summed E-state index contributed by atoms with van der Waals surface area (Å²) in [5.41, 5.74) is 0.347. The van der Waals surface area contributed by atoms with Crippen molar-refractivity contribution in [2.45, 2.75) is 25.3 Å². The van der Waals surface area contributed by atoms with E-state index >= 15 is 0 Å². The van der Waals surface area contributed by atoms with Crippen molar-refractivity contribution in [3.63, 3.8) is 0 Å². The molecule has 0 atom stereocenters. The van der Waals surface area contributed by atoms with Gasteiger partial charge in [0.1, 0.15) is 5.82 Å². The molecule has 0 unspecified atom stereocenters. The van der Waals surface area contributed by atoms with E-state index in [1.54, 1.807) is 32.0 Å². The van der Waals surface area contributed by atoms with Gasteiger partial charge in [-0.1, -0.05) is 43.6 Å². The number of rotatable bonds is 7. The summed E-state index contributed by atoms with van der Waals surface area (Å²) in [4.78, 5) is 12.4. The highest BCUT2D eigenvalue weighted by Gasteiger charge is 2.23. The fourth-order valence-electron chi connectivity index (χ4n) is 2.46. The second-order valence-electron chi connectivity index (χ2n) is 5.51. The minimum Gasteiger partial charge on any atom is -0.348 e. The second kappa shape index (κ2) is 8.62. The predicted octanol–water partition coefficient (Wildman–Crippen LogP) is 3.44. The molecule has 140 valence electrons. The predicted molar refractivity (Wildman–Crippen MR) is 99.1 cm³/mol. The van der Waals surface area contributed by atoms with Gasteiger partial charge in [0.05, 0.1) is 15.5 Å². The lowest BCUT2D eigenvalue weighted by Crippen LogP contribution is -2.31. The number of nitrogens with one attached hydrogen (secondary N) is 1. The molecule has 0 aromatic heterocycles. The van der Waals surface area contributed by atoms with Crippen molar-refractivity contribution in [2.75, 3.05) is 13.1 Å². The number of carbonyl (C=O) groups is 1. The van der Waals surface area contributed by atoms with E-state index in [-0.39, 0.29) is 22.0 Å². The zero-order valence-electron chi connectivity index (χ0n) is 14.5. The molecule has 8 heteroatoms. The summed E-state index contributed by atoms with van der Waals surface area (Å²) in [6.07, 6.45) is 0. The van der Waals surface area contributed by atoms with E-state index in [1.165, 1.54) is 28.6 Å². The van der Waals surface area contributed by atoms with Crippen LogP contribution in [-0.4, -0.2) is 31.7 Å². The number of hydrogen-bond acceptors (Lipinski definition) is 3. The van der Waals surface area contributed by atoms with E-state index in [0.717, 1.165) is 0 Å². The van der Waals surface area contributed by atoms with Crippen LogP contribution in [0.3, 0.4) is 0 Å². The Morgan fingerprint density at radius 2 is 1.81 bits per heavy atom. The third-order valence-corrected chi connectivity index (χ3v) is 6.30. The van der Waals surface area contributed by atoms with E-state index in [4.69, 9.17) is 11.6 Å². The molecule has 2 aromatic carbocycles. The van der Waals surface area contributed by atoms with Crippen LogP contribution in [0, 0.1) is 5.82 Å². The van der Waals surface area contributed by atoms with E-state index in [9.17, 15) is 17.6 Å². The minimum atomic E-state index is -3.71. The first-order valence-corrected chi connectivity index (χ1v) is 9.94. The molecule has 0 aliphatic heterocycles. The zero-order valence-corrected chi connectivity index (χ0v) is 16.1.